The van der Waals surface area contributed by atoms with E-state index >= 15 is 0 Å². The minimum absolute atomic E-state index is 0.0850. The molecule has 100 valence electrons. The van der Waals surface area contributed by atoms with Crippen molar-refractivity contribution in [2.75, 3.05) is 0 Å². The quantitative estimate of drug-likeness (QED) is 0.911. The van der Waals surface area contributed by atoms with Gasteiger partial charge in [0.2, 0.25) is 0 Å². The van der Waals surface area contributed by atoms with E-state index < -0.39 is 5.97 Å². The third-order valence-electron chi connectivity index (χ3n) is 2.81. The summed E-state index contributed by atoms with van der Waals surface area (Å²) in [5, 5.41) is 20.1. The average molecular weight is 264 g/mol. The first kappa shape index (κ1) is 13.1. The number of nitrogens with zero attached hydrogens (tertiary/aromatic N) is 4. The lowest BCUT2D eigenvalue weighted by Crippen LogP contribution is -2.13. The zero-order valence-corrected chi connectivity index (χ0v) is 10.5. The minimum atomic E-state index is -0.926. The van der Waals surface area contributed by atoms with E-state index in [9.17, 15) is 9.18 Å². The molecule has 6 nitrogen and oxygen atoms in total. The largest absolute Gasteiger partial charge is 0.481 e. The molecule has 1 aromatic heterocycles. The first-order valence-electron chi connectivity index (χ1n) is 5.75. The van der Waals surface area contributed by atoms with Crippen LogP contribution >= 0.6 is 0 Å². The molecule has 0 fully saturated rings. The number of aromatic nitrogens is 4. The van der Waals surface area contributed by atoms with Gasteiger partial charge < -0.3 is 5.11 Å². The Balaban J connectivity index is 2.41. The highest BCUT2D eigenvalue weighted by Crippen LogP contribution is 2.24. The van der Waals surface area contributed by atoms with Crippen molar-refractivity contribution >= 4 is 5.97 Å². The monoisotopic (exact) mass is 264 g/mol. The van der Waals surface area contributed by atoms with Crippen molar-refractivity contribution in [3.8, 4) is 11.4 Å². The number of carboxylic acids is 1. The summed E-state index contributed by atoms with van der Waals surface area (Å²) in [5.41, 5.74) is 1.38. The molecule has 0 spiro atoms. The first-order valence-corrected chi connectivity index (χ1v) is 5.75. The van der Waals surface area contributed by atoms with Gasteiger partial charge in [-0.15, -0.1) is 5.10 Å². The van der Waals surface area contributed by atoms with Crippen molar-refractivity contribution in [3.63, 3.8) is 0 Å². The minimum Gasteiger partial charge on any atom is -0.481 e. The Morgan fingerprint density at radius 2 is 2.26 bits per heavy atom. The van der Waals surface area contributed by atoms with E-state index in [1.54, 1.807) is 19.9 Å². The van der Waals surface area contributed by atoms with Crippen LogP contribution in [0.5, 0.6) is 0 Å². The fraction of sp³-hybridized carbons (Fsp3) is 0.333. The molecule has 0 aliphatic heterocycles. The van der Waals surface area contributed by atoms with Gasteiger partial charge in [-0.2, -0.15) is 0 Å². The van der Waals surface area contributed by atoms with Crippen LogP contribution in [0.2, 0.25) is 0 Å². The molecule has 0 aliphatic carbocycles. The predicted molar refractivity (Wildman–Crippen MR) is 64.9 cm³/mol. The molecule has 2 rings (SSSR count). The molecule has 0 radical (unpaired) electrons. The number of benzene rings is 1. The van der Waals surface area contributed by atoms with Gasteiger partial charge in [-0.3, -0.25) is 4.79 Å². The highest BCUT2D eigenvalue weighted by atomic mass is 19.1. The third kappa shape index (κ3) is 2.75. The van der Waals surface area contributed by atoms with Gasteiger partial charge in [-0.25, -0.2) is 9.07 Å². The summed E-state index contributed by atoms with van der Waals surface area (Å²) in [4.78, 5) is 10.7. The molecule has 1 N–H and O–H groups in total. The maximum Gasteiger partial charge on any atom is 0.305 e. The lowest BCUT2D eigenvalue weighted by molar-refractivity contribution is -0.137. The van der Waals surface area contributed by atoms with E-state index in [-0.39, 0.29) is 18.3 Å². The summed E-state index contributed by atoms with van der Waals surface area (Å²) in [7, 11) is 0. The number of halogens is 1. The molecule has 19 heavy (non-hydrogen) atoms. The van der Waals surface area contributed by atoms with Gasteiger partial charge in [0.1, 0.15) is 5.82 Å². The van der Waals surface area contributed by atoms with Crippen molar-refractivity contribution in [1.82, 2.24) is 20.2 Å². The van der Waals surface area contributed by atoms with Crippen LogP contribution < -0.4 is 0 Å². The summed E-state index contributed by atoms with van der Waals surface area (Å²) in [6.07, 6.45) is -0.0850. The Kier molecular flexibility index (Phi) is 3.55. The van der Waals surface area contributed by atoms with E-state index in [0.717, 1.165) is 0 Å². The molecular weight excluding hydrogens is 251 g/mol. The van der Waals surface area contributed by atoms with Crippen LogP contribution in [0, 0.1) is 12.7 Å². The number of rotatable bonds is 4. The molecule has 0 bridgehead atoms. The Labute approximate surface area is 108 Å². The van der Waals surface area contributed by atoms with Gasteiger partial charge in [-0.1, -0.05) is 0 Å². The van der Waals surface area contributed by atoms with E-state index in [1.807, 2.05) is 0 Å². The number of hydrogen-bond donors (Lipinski definition) is 1. The van der Waals surface area contributed by atoms with Crippen molar-refractivity contribution in [2.45, 2.75) is 26.3 Å². The number of aliphatic carboxylic acids is 1. The number of carboxylic acid groups (broad SMARTS) is 1. The highest BCUT2D eigenvalue weighted by Gasteiger charge is 2.18. The van der Waals surface area contributed by atoms with Crippen LogP contribution in [0.3, 0.4) is 0 Å². The summed E-state index contributed by atoms with van der Waals surface area (Å²) in [6.45, 7) is 3.46. The molecule has 7 heteroatoms. The number of hydrogen-bond acceptors (Lipinski definition) is 4. The van der Waals surface area contributed by atoms with Crippen molar-refractivity contribution in [2.24, 2.45) is 0 Å². The molecular formula is C12H13FN4O2. The van der Waals surface area contributed by atoms with Gasteiger partial charge in [0, 0.05) is 5.56 Å². The highest BCUT2D eigenvalue weighted by molar-refractivity contribution is 5.67. The number of tetrazole rings is 1. The second-order valence-corrected chi connectivity index (χ2v) is 4.35. The van der Waals surface area contributed by atoms with Crippen molar-refractivity contribution in [3.05, 3.63) is 29.6 Å². The Bertz CT molecular complexity index is 612. The smallest absolute Gasteiger partial charge is 0.305 e. The lowest BCUT2D eigenvalue weighted by Gasteiger charge is -2.12. The van der Waals surface area contributed by atoms with Crippen LogP contribution in [-0.2, 0) is 4.79 Å². The molecule has 0 aliphatic rings. The number of carbonyl (C=O) groups is 1. The van der Waals surface area contributed by atoms with E-state index in [2.05, 4.69) is 15.5 Å². The molecule has 0 amide bonds. The molecule has 2 aromatic rings. The zero-order valence-electron chi connectivity index (χ0n) is 10.5. The predicted octanol–water partition coefficient (Wildman–Crippen LogP) is 1.82. The average Bonchev–Trinajstić information content (AvgIpc) is 2.76. The van der Waals surface area contributed by atoms with Gasteiger partial charge in [-0.05, 0) is 48.0 Å². The summed E-state index contributed by atoms with van der Waals surface area (Å²) >= 11 is 0. The standard InChI is InChI=1S/C12H13FN4O2/c1-7-5-9(13)3-4-10(7)12-14-15-16-17(12)8(2)6-11(18)19/h3-5,8H,6H2,1-2H3,(H,18,19). The normalized spacial score (nSPS) is 12.4. The van der Waals surface area contributed by atoms with E-state index in [4.69, 9.17) is 5.11 Å². The van der Waals surface area contributed by atoms with E-state index in [1.165, 1.54) is 16.8 Å². The van der Waals surface area contributed by atoms with Crippen molar-refractivity contribution < 1.29 is 14.3 Å². The third-order valence-corrected chi connectivity index (χ3v) is 2.81. The Morgan fingerprint density at radius 1 is 1.53 bits per heavy atom. The van der Waals surface area contributed by atoms with Crippen molar-refractivity contribution in [1.29, 1.82) is 0 Å². The summed E-state index contributed by atoms with van der Waals surface area (Å²) in [6, 6.07) is 3.91. The summed E-state index contributed by atoms with van der Waals surface area (Å²) in [5.74, 6) is -0.824. The fourth-order valence-electron chi connectivity index (χ4n) is 1.88. The second kappa shape index (κ2) is 5.13. The second-order valence-electron chi connectivity index (χ2n) is 4.35. The Morgan fingerprint density at radius 3 is 2.89 bits per heavy atom. The first-order chi connectivity index (χ1) is 8.99. The van der Waals surface area contributed by atoms with Gasteiger partial charge in [0.25, 0.3) is 0 Å². The van der Waals surface area contributed by atoms with E-state index in [0.29, 0.717) is 17.0 Å². The van der Waals surface area contributed by atoms with Gasteiger partial charge in [0.05, 0.1) is 12.5 Å². The Hall–Kier alpha value is -2.31. The molecule has 0 saturated heterocycles. The number of aryl methyl sites for hydroxylation is 1. The van der Waals surface area contributed by atoms with Crippen LogP contribution in [0.1, 0.15) is 24.9 Å². The SMILES string of the molecule is Cc1cc(F)ccc1-c1nnnn1C(C)CC(=O)O. The maximum atomic E-state index is 13.1. The van der Waals surface area contributed by atoms with Crippen LogP contribution in [0.25, 0.3) is 11.4 Å². The molecule has 1 unspecified atom stereocenters. The summed E-state index contributed by atoms with van der Waals surface area (Å²) < 4.78 is 14.5. The van der Waals surface area contributed by atoms with Crippen LogP contribution in [0.4, 0.5) is 4.39 Å². The maximum absolute atomic E-state index is 13.1. The topological polar surface area (TPSA) is 80.9 Å². The lowest BCUT2D eigenvalue weighted by atomic mass is 10.1. The molecule has 1 heterocycles. The van der Waals surface area contributed by atoms with Gasteiger partial charge >= 0.3 is 5.97 Å². The zero-order chi connectivity index (χ0) is 14.0. The van der Waals surface area contributed by atoms with Gasteiger partial charge in [0.15, 0.2) is 5.82 Å². The fourth-order valence-corrected chi connectivity index (χ4v) is 1.88. The molecule has 0 saturated carbocycles. The van der Waals surface area contributed by atoms with Crippen LogP contribution in [-0.4, -0.2) is 31.3 Å². The molecule has 1 aromatic carbocycles. The molecule has 1 atom stereocenters. The van der Waals surface area contributed by atoms with Crippen LogP contribution in [0.15, 0.2) is 18.2 Å².